The maximum Gasteiger partial charge on any atom is 0.242 e. The second-order valence-corrected chi connectivity index (χ2v) is 5.71. The molecule has 1 fully saturated rings. The SMILES string of the molecule is CC(O)CCN(C)C(C(=O)NC1CC1)c1ccccc1. The lowest BCUT2D eigenvalue weighted by atomic mass is 10.0. The lowest BCUT2D eigenvalue weighted by Gasteiger charge is -2.28. The van der Waals surface area contributed by atoms with Gasteiger partial charge in [0.25, 0.3) is 0 Å². The van der Waals surface area contributed by atoms with Crippen LogP contribution in [0, 0.1) is 0 Å². The Morgan fingerprint density at radius 1 is 1.40 bits per heavy atom. The van der Waals surface area contributed by atoms with Gasteiger partial charge in [-0.15, -0.1) is 0 Å². The van der Waals surface area contributed by atoms with Crippen molar-refractivity contribution in [2.45, 2.75) is 44.4 Å². The number of aliphatic hydroxyl groups excluding tert-OH is 1. The van der Waals surface area contributed by atoms with Crippen molar-refractivity contribution in [3.8, 4) is 0 Å². The quantitative estimate of drug-likeness (QED) is 0.797. The van der Waals surface area contributed by atoms with E-state index in [9.17, 15) is 9.90 Å². The number of nitrogens with one attached hydrogen (secondary N) is 1. The van der Waals surface area contributed by atoms with Crippen LogP contribution >= 0.6 is 0 Å². The van der Waals surface area contributed by atoms with Crippen LogP contribution in [0.2, 0.25) is 0 Å². The van der Waals surface area contributed by atoms with Crippen LogP contribution in [0.3, 0.4) is 0 Å². The van der Waals surface area contributed by atoms with E-state index in [4.69, 9.17) is 0 Å². The fourth-order valence-corrected chi connectivity index (χ4v) is 2.27. The second kappa shape index (κ2) is 6.86. The van der Waals surface area contributed by atoms with Gasteiger partial charge in [-0.2, -0.15) is 0 Å². The van der Waals surface area contributed by atoms with E-state index in [2.05, 4.69) is 5.32 Å². The number of hydrogen-bond donors (Lipinski definition) is 2. The molecule has 1 aromatic carbocycles. The molecular weight excluding hydrogens is 252 g/mol. The van der Waals surface area contributed by atoms with Gasteiger partial charge in [-0.1, -0.05) is 30.3 Å². The predicted octanol–water partition coefficient (Wildman–Crippen LogP) is 1.71. The molecule has 110 valence electrons. The summed E-state index contributed by atoms with van der Waals surface area (Å²) >= 11 is 0. The van der Waals surface area contributed by atoms with Gasteiger partial charge in [0.2, 0.25) is 5.91 Å². The van der Waals surface area contributed by atoms with Gasteiger partial charge in [0.05, 0.1) is 6.10 Å². The average molecular weight is 276 g/mol. The highest BCUT2D eigenvalue weighted by atomic mass is 16.3. The summed E-state index contributed by atoms with van der Waals surface area (Å²) in [6.07, 6.45) is 2.49. The zero-order valence-corrected chi connectivity index (χ0v) is 12.2. The van der Waals surface area contributed by atoms with Gasteiger partial charge in [-0.25, -0.2) is 0 Å². The van der Waals surface area contributed by atoms with Crippen molar-refractivity contribution >= 4 is 5.91 Å². The summed E-state index contributed by atoms with van der Waals surface area (Å²) in [6.45, 7) is 2.46. The number of carbonyl (C=O) groups is 1. The first-order chi connectivity index (χ1) is 9.58. The molecule has 4 heteroatoms. The largest absolute Gasteiger partial charge is 0.393 e. The third kappa shape index (κ3) is 4.32. The van der Waals surface area contributed by atoms with E-state index in [0.29, 0.717) is 19.0 Å². The zero-order valence-electron chi connectivity index (χ0n) is 12.2. The molecular formula is C16H24N2O2. The molecule has 1 saturated carbocycles. The first-order valence-corrected chi connectivity index (χ1v) is 7.31. The normalized spacial score (nSPS) is 17.8. The Morgan fingerprint density at radius 3 is 2.60 bits per heavy atom. The maximum atomic E-state index is 12.5. The van der Waals surface area contributed by atoms with Gasteiger partial charge >= 0.3 is 0 Å². The van der Waals surface area contributed by atoms with Crippen molar-refractivity contribution in [1.29, 1.82) is 0 Å². The Labute approximate surface area is 120 Å². The van der Waals surface area contributed by atoms with E-state index >= 15 is 0 Å². The van der Waals surface area contributed by atoms with Gasteiger partial charge in [0.1, 0.15) is 6.04 Å². The number of aliphatic hydroxyl groups is 1. The number of hydrogen-bond acceptors (Lipinski definition) is 3. The standard InChI is InChI=1S/C16H24N2O2/c1-12(19)10-11-18(2)15(13-6-4-3-5-7-13)16(20)17-14-8-9-14/h3-7,12,14-15,19H,8-11H2,1-2H3,(H,17,20). The topological polar surface area (TPSA) is 52.6 Å². The van der Waals surface area contributed by atoms with Crippen molar-refractivity contribution < 1.29 is 9.90 Å². The first kappa shape index (κ1) is 15.0. The van der Waals surface area contributed by atoms with Crippen LogP contribution in [0.15, 0.2) is 30.3 Å². The van der Waals surface area contributed by atoms with Crippen LogP contribution < -0.4 is 5.32 Å². The summed E-state index contributed by atoms with van der Waals surface area (Å²) in [5.41, 5.74) is 0.999. The van der Waals surface area contributed by atoms with Crippen LogP contribution in [0.25, 0.3) is 0 Å². The number of amides is 1. The highest BCUT2D eigenvalue weighted by molar-refractivity contribution is 5.83. The number of benzene rings is 1. The smallest absolute Gasteiger partial charge is 0.242 e. The Kier molecular flexibility index (Phi) is 5.15. The zero-order chi connectivity index (χ0) is 14.5. The molecule has 2 unspecified atom stereocenters. The van der Waals surface area contributed by atoms with E-state index in [1.54, 1.807) is 6.92 Å². The van der Waals surface area contributed by atoms with E-state index in [0.717, 1.165) is 18.4 Å². The lowest BCUT2D eigenvalue weighted by Crippen LogP contribution is -2.40. The van der Waals surface area contributed by atoms with Gasteiger partial charge in [0.15, 0.2) is 0 Å². The Morgan fingerprint density at radius 2 is 2.05 bits per heavy atom. The molecule has 2 N–H and O–H groups in total. The fraction of sp³-hybridized carbons (Fsp3) is 0.562. The maximum absolute atomic E-state index is 12.5. The highest BCUT2D eigenvalue weighted by Crippen LogP contribution is 2.24. The van der Waals surface area contributed by atoms with Crippen LogP contribution in [0.4, 0.5) is 0 Å². The van der Waals surface area contributed by atoms with Crippen molar-refractivity contribution in [2.24, 2.45) is 0 Å². The minimum Gasteiger partial charge on any atom is -0.393 e. The van der Waals surface area contributed by atoms with Crippen LogP contribution in [0.5, 0.6) is 0 Å². The number of carbonyl (C=O) groups excluding carboxylic acids is 1. The molecule has 4 nitrogen and oxygen atoms in total. The molecule has 2 atom stereocenters. The number of rotatable bonds is 7. The highest BCUT2D eigenvalue weighted by Gasteiger charge is 2.30. The molecule has 1 amide bonds. The second-order valence-electron chi connectivity index (χ2n) is 5.71. The summed E-state index contributed by atoms with van der Waals surface area (Å²) < 4.78 is 0. The molecule has 0 radical (unpaired) electrons. The minimum atomic E-state index is -0.347. The average Bonchev–Trinajstić information content (AvgIpc) is 3.21. The Bertz CT molecular complexity index is 429. The van der Waals surface area contributed by atoms with Gasteiger partial charge in [0, 0.05) is 12.6 Å². The van der Waals surface area contributed by atoms with Crippen molar-refractivity contribution in [3.05, 3.63) is 35.9 Å². The Hall–Kier alpha value is -1.39. The summed E-state index contributed by atoms with van der Waals surface area (Å²) in [5, 5.41) is 12.5. The molecule has 0 aliphatic heterocycles. The molecule has 0 saturated heterocycles. The Balaban J connectivity index is 2.08. The van der Waals surface area contributed by atoms with Crippen molar-refractivity contribution in [2.75, 3.05) is 13.6 Å². The van der Waals surface area contributed by atoms with Crippen molar-refractivity contribution in [3.63, 3.8) is 0 Å². The molecule has 0 spiro atoms. The van der Waals surface area contributed by atoms with Crippen LogP contribution in [0.1, 0.15) is 37.8 Å². The molecule has 1 aliphatic carbocycles. The van der Waals surface area contributed by atoms with Gasteiger partial charge in [-0.3, -0.25) is 9.69 Å². The van der Waals surface area contributed by atoms with E-state index < -0.39 is 0 Å². The molecule has 0 aromatic heterocycles. The molecule has 20 heavy (non-hydrogen) atoms. The molecule has 1 aromatic rings. The minimum absolute atomic E-state index is 0.0618. The van der Waals surface area contributed by atoms with Crippen LogP contribution in [-0.2, 0) is 4.79 Å². The molecule has 0 heterocycles. The third-order valence-electron chi connectivity index (χ3n) is 3.63. The van der Waals surface area contributed by atoms with E-state index in [-0.39, 0.29) is 18.1 Å². The van der Waals surface area contributed by atoms with Gasteiger partial charge in [-0.05, 0) is 38.8 Å². The molecule has 0 bridgehead atoms. The third-order valence-corrected chi connectivity index (χ3v) is 3.63. The number of likely N-dealkylation sites (N-methyl/N-ethyl adjacent to an activating group) is 1. The molecule has 2 rings (SSSR count). The summed E-state index contributed by atoms with van der Waals surface area (Å²) in [5.74, 6) is 0.0618. The van der Waals surface area contributed by atoms with E-state index in [1.807, 2.05) is 42.3 Å². The lowest BCUT2D eigenvalue weighted by molar-refractivity contribution is -0.126. The van der Waals surface area contributed by atoms with Crippen molar-refractivity contribution in [1.82, 2.24) is 10.2 Å². The summed E-state index contributed by atoms with van der Waals surface area (Å²) in [6, 6.07) is 9.90. The summed E-state index contributed by atoms with van der Waals surface area (Å²) in [7, 11) is 1.94. The summed E-state index contributed by atoms with van der Waals surface area (Å²) in [4.78, 5) is 14.5. The first-order valence-electron chi connectivity index (χ1n) is 7.31. The molecule has 1 aliphatic rings. The van der Waals surface area contributed by atoms with Gasteiger partial charge < -0.3 is 10.4 Å². The number of nitrogens with zero attached hydrogens (tertiary/aromatic N) is 1. The van der Waals surface area contributed by atoms with Crippen LogP contribution in [-0.4, -0.2) is 41.7 Å². The van der Waals surface area contributed by atoms with E-state index in [1.165, 1.54) is 0 Å². The fourth-order valence-electron chi connectivity index (χ4n) is 2.27. The predicted molar refractivity (Wildman–Crippen MR) is 79.3 cm³/mol. The monoisotopic (exact) mass is 276 g/mol.